The fraction of sp³-hybridized carbons (Fsp3) is 0.150. The lowest BCUT2D eigenvalue weighted by molar-refractivity contribution is -0.137. The number of carbonyl (C=O) groups is 1. The van der Waals surface area contributed by atoms with Crippen molar-refractivity contribution in [3.8, 4) is 17.1 Å². The molecule has 2 aromatic carbocycles. The molecule has 0 saturated carbocycles. The average molecular weight is 402 g/mol. The number of anilines is 1. The summed E-state index contributed by atoms with van der Waals surface area (Å²) in [4.78, 5) is 11.8. The first-order valence-corrected chi connectivity index (χ1v) is 8.66. The minimum atomic E-state index is -4.47. The first-order chi connectivity index (χ1) is 13.9. The first kappa shape index (κ1) is 20.1. The van der Waals surface area contributed by atoms with E-state index in [-0.39, 0.29) is 18.8 Å². The molecule has 2 amide bonds. The fourth-order valence-corrected chi connectivity index (χ4v) is 2.43. The molecule has 0 atom stereocenters. The molecule has 3 rings (SSSR count). The molecule has 0 unspecified atom stereocenters. The third-order valence-corrected chi connectivity index (χ3v) is 3.79. The van der Waals surface area contributed by atoms with Crippen LogP contribution in [0.15, 0.2) is 66.7 Å². The number of rotatable bonds is 6. The Labute approximate surface area is 164 Å². The Kier molecular flexibility index (Phi) is 6.28. The number of nitrogens with zero attached hydrogens (tertiary/aromatic N) is 2. The zero-order chi connectivity index (χ0) is 20.7. The van der Waals surface area contributed by atoms with Crippen LogP contribution in [-0.2, 0) is 6.18 Å². The summed E-state index contributed by atoms with van der Waals surface area (Å²) in [5.74, 6) is 0.296. The van der Waals surface area contributed by atoms with Crippen LogP contribution in [0.4, 0.5) is 23.7 Å². The summed E-state index contributed by atoms with van der Waals surface area (Å²) >= 11 is 0. The van der Waals surface area contributed by atoms with Crippen LogP contribution in [-0.4, -0.2) is 29.4 Å². The average Bonchev–Trinajstić information content (AvgIpc) is 2.72. The smallest absolute Gasteiger partial charge is 0.416 e. The molecule has 0 aliphatic rings. The zero-order valence-electron chi connectivity index (χ0n) is 15.1. The standard InChI is InChI=1S/C20H17F3N4O2/c21-20(22,23)15-7-4-8-16(13-15)25-19(28)24-11-12-29-18-10-9-17(26-27-18)14-5-2-1-3-6-14/h1-10,13H,11-12H2,(H2,24,25,28). The number of amides is 2. The predicted octanol–water partition coefficient (Wildman–Crippen LogP) is 4.36. The minimum Gasteiger partial charge on any atom is -0.475 e. The minimum absolute atomic E-state index is 0.0422. The van der Waals surface area contributed by atoms with Crippen LogP contribution in [0.5, 0.6) is 5.88 Å². The molecular formula is C20H17F3N4O2. The molecule has 0 bridgehead atoms. The third kappa shape index (κ3) is 5.93. The zero-order valence-corrected chi connectivity index (χ0v) is 15.1. The highest BCUT2D eigenvalue weighted by atomic mass is 19.4. The molecule has 3 aromatic rings. The Hall–Kier alpha value is -3.62. The fourth-order valence-electron chi connectivity index (χ4n) is 2.43. The van der Waals surface area contributed by atoms with E-state index in [1.165, 1.54) is 12.1 Å². The molecule has 29 heavy (non-hydrogen) atoms. The summed E-state index contributed by atoms with van der Waals surface area (Å²) in [5, 5.41) is 12.9. The van der Waals surface area contributed by atoms with Crippen molar-refractivity contribution < 1.29 is 22.7 Å². The molecule has 0 aliphatic carbocycles. The van der Waals surface area contributed by atoms with E-state index in [1.807, 2.05) is 30.3 Å². The van der Waals surface area contributed by atoms with Crippen molar-refractivity contribution in [2.24, 2.45) is 0 Å². The van der Waals surface area contributed by atoms with E-state index in [9.17, 15) is 18.0 Å². The van der Waals surface area contributed by atoms with E-state index in [4.69, 9.17) is 4.74 Å². The topological polar surface area (TPSA) is 76.1 Å². The van der Waals surface area contributed by atoms with Gasteiger partial charge in [-0.05, 0) is 24.3 Å². The Morgan fingerprint density at radius 1 is 0.966 bits per heavy atom. The molecule has 0 spiro atoms. The lowest BCUT2D eigenvalue weighted by atomic mass is 10.1. The number of alkyl halides is 3. The summed E-state index contributed by atoms with van der Waals surface area (Å²) in [7, 11) is 0. The SMILES string of the molecule is O=C(NCCOc1ccc(-c2ccccc2)nn1)Nc1cccc(C(F)(F)F)c1. The van der Waals surface area contributed by atoms with Crippen LogP contribution in [0.1, 0.15) is 5.56 Å². The molecule has 0 saturated heterocycles. The van der Waals surface area contributed by atoms with Crippen LogP contribution in [0.3, 0.4) is 0 Å². The van der Waals surface area contributed by atoms with Gasteiger partial charge >= 0.3 is 12.2 Å². The molecule has 0 radical (unpaired) electrons. The van der Waals surface area contributed by atoms with Crippen molar-refractivity contribution in [2.75, 3.05) is 18.5 Å². The van der Waals surface area contributed by atoms with Gasteiger partial charge in [-0.1, -0.05) is 36.4 Å². The third-order valence-electron chi connectivity index (χ3n) is 3.79. The number of halogens is 3. The van der Waals surface area contributed by atoms with Gasteiger partial charge < -0.3 is 15.4 Å². The number of aromatic nitrogens is 2. The van der Waals surface area contributed by atoms with Crippen molar-refractivity contribution in [1.82, 2.24) is 15.5 Å². The van der Waals surface area contributed by atoms with E-state index >= 15 is 0 Å². The van der Waals surface area contributed by atoms with E-state index in [1.54, 1.807) is 12.1 Å². The Morgan fingerprint density at radius 3 is 2.45 bits per heavy atom. The summed E-state index contributed by atoms with van der Waals surface area (Å²) in [6.07, 6.45) is -4.47. The maximum atomic E-state index is 12.7. The predicted molar refractivity (Wildman–Crippen MR) is 101 cm³/mol. The molecule has 1 aromatic heterocycles. The Balaban J connectivity index is 1.43. The second-order valence-corrected chi connectivity index (χ2v) is 5.93. The highest BCUT2D eigenvalue weighted by Gasteiger charge is 2.30. The number of nitrogens with one attached hydrogen (secondary N) is 2. The number of carbonyl (C=O) groups excluding carboxylic acids is 1. The van der Waals surface area contributed by atoms with Gasteiger partial charge in [0.05, 0.1) is 17.8 Å². The first-order valence-electron chi connectivity index (χ1n) is 8.66. The van der Waals surface area contributed by atoms with E-state index in [2.05, 4.69) is 20.8 Å². The van der Waals surface area contributed by atoms with Crippen molar-refractivity contribution in [2.45, 2.75) is 6.18 Å². The highest BCUT2D eigenvalue weighted by Crippen LogP contribution is 2.30. The van der Waals surface area contributed by atoms with Gasteiger partial charge in [0, 0.05) is 17.3 Å². The van der Waals surface area contributed by atoms with Crippen molar-refractivity contribution >= 4 is 11.7 Å². The lowest BCUT2D eigenvalue weighted by Gasteiger charge is -2.11. The normalized spacial score (nSPS) is 11.0. The van der Waals surface area contributed by atoms with Gasteiger partial charge in [-0.2, -0.15) is 13.2 Å². The number of hydrogen-bond acceptors (Lipinski definition) is 4. The van der Waals surface area contributed by atoms with Gasteiger partial charge in [-0.3, -0.25) is 0 Å². The van der Waals surface area contributed by atoms with E-state index in [0.29, 0.717) is 11.6 Å². The molecule has 6 nitrogen and oxygen atoms in total. The summed E-state index contributed by atoms with van der Waals surface area (Å²) in [6.45, 7) is 0.252. The van der Waals surface area contributed by atoms with Crippen LogP contribution >= 0.6 is 0 Å². The lowest BCUT2D eigenvalue weighted by Crippen LogP contribution is -2.32. The van der Waals surface area contributed by atoms with Crippen LogP contribution in [0.2, 0.25) is 0 Å². The molecule has 0 aliphatic heterocycles. The van der Waals surface area contributed by atoms with Crippen LogP contribution < -0.4 is 15.4 Å². The van der Waals surface area contributed by atoms with Gasteiger partial charge in [0.25, 0.3) is 0 Å². The molecule has 9 heteroatoms. The summed E-state index contributed by atoms with van der Waals surface area (Å²) < 4.78 is 43.4. The van der Waals surface area contributed by atoms with Gasteiger partial charge in [-0.25, -0.2) is 4.79 Å². The van der Waals surface area contributed by atoms with Gasteiger partial charge in [0.1, 0.15) is 6.61 Å². The van der Waals surface area contributed by atoms with Crippen LogP contribution in [0, 0.1) is 0 Å². The summed E-state index contributed by atoms with van der Waals surface area (Å²) in [5.41, 5.74) is 0.841. The quantitative estimate of drug-likeness (QED) is 0.601. The Bertz CT molecular complexity index is 948. The molecule has 1 heterocycles. The summed E-state index contributed by atoms with van der Waals surface area (Å²) in [6, 6.07) is 16.7. The molecule has 2 N–H and O–H groups in total. The number of benzene rings is 2. The van der Waals surface area contributed by atoms with Gasteiger partial charge in [0.15, 0.2) is 0 Å². The van der Waals surface area contributed by atoms with Gasteiger partial charge in [0.2, 0.25) is 5.88 Å². The van der Waals surface area contributed by atoms with Gasteiger partial charge in [-0.15, -0.1) is 10.2 Å². The van der Waals surface area contributed by atoms with E-state index in [0.717, 1.165) is 17.7 Å². The molecular weight excluding hydrogens is 385 g/mol. The van der Waals surface area contributed by atoms with E-state index < -0.39 is 17.8 Å². The Morgan fingerprint density at radius 2 is 1.76 bits per heavy atom. The largest absolute Gasteiger partial charge is 0.475 e. The maximum Gasteiger partial charge on any atom is 0.416 e. The maximum absolute atomic E-state index is 12.7. The second-order valence-electron chi connectivity index (χ2n) is 5.93. The second kappa shape index (κ2) is 9.05. The number of hydrogen-bond donors (Lipinski definition) is 2. The number of urea groups is 1. The highest BCUT2D eigenvalue weighted by molar-refractivity contribution is 5.89. The monoisotopic (exact) mass is 402 g/mol. The van der Waals surface area contributed by atoms with Crippen LogP contribution in [0.25, 0.3) is 11.3 Å². The molecule has 150 valence electrons. The van der Waals surface area contributed by atoms with Crippen molar-refractivity contribution in [1.29, 1.82) is 0 Å². The van der Waals surface area contributed by atoms with Crippen molar-refractivity contribution in [3.05, 3.63) is 72.3 Å². The molecule has 0 fully saturated rings. The van der Waals surface area contributed by atoms with Crippen molar-refractivity contribution in [3.63, 3.8) is 0 Å². The number of ether oxygens (including phenoxy) is 1.